The topological polar surface area (TPSA) is 76.1 Å². The lowest BCUT2D eigenvalue weighted by molar-refractivity contribution is -0.152. The molecule has 1 heterocycles. The Morgan fingerprint density at radius 1 is 0.880 bits per heavy atom. The second-order valence-corrected chi connectivity index (χ2v) is 7.59. The normalized spacial score (nSPS) is 27.6. The zero-order chi connectivity index (χ0) is 18.2. The van der Waals surface area contributed by atoms with Crippen LogP contribution in [-0.2, 0) is 19.1 Å². The van der Waals surface area contributed by atoms with E-state index in [-0.39, 0.29) is 0 Å². The van der Waals surface area contributed by atoms with Crippen LogP contribution in [-0.4, -0.2) is 34.9 Å². The van der Waals surface area contributed by atoms with Gasteiger partial charge in [-0.05, 0) is 32.1 Å². The van der Waals surface area contributed by atoms with Gasteiger partial charge in [0.25, 0.3) is 0 Å². The van der Waals surface area contributed by atoms with Crippen molar-refractivity contribution in [3.8, 4) is 0 Å². The maximum absolute atomic E-state index is 12.3. The number of esters is 1. The van der Waals surface area contributed by atoms with E-state index in [4.69, 9.17) is 9.47 Å². The third-order valence-electron chi connectivity index (χ3n) is 5.67. The highest BCUT2D eigenvalue weighted by Crippen LogP contribution is 2.58. The number of carboxylic acids is 1. The quantitative estimate of drug-likeness (QED) is 0.297. The van der Waals surface area contributed by atoms with E-state index in [2.05, 4.69) is 6.92 Å². The zero-order valence-corrected chi connectivity index (χ0v) is 15.7. The van der Waals surface area contributed by atoms with Gasteiger partial charge in [-0.3, -0.25) is 0 Å². The SMILES string of the molecule is CCCCCCCCCCCCOC(=O)C12CCCCC1(C(=O)O)O2. The van der Waals surface area contributed by atoms with Gasteiger partial charge in [0.05, 0.1) is 6.61 Å². The first-order valence-corrected chi connectivity index (χ1v) is 10.2. The molecule has 2 aliphatic rings. The monoisotopic (exact) mass is 354 g/mol. The Morgan fingerprint density at radius 2 is 1.40 bits per heavy atom. The molecule has 2 atom stereocenters. The minimum Gasteiger partial charge on any atom is -0.479 e. The summed E-state index contributed by atoms with van der Waals surface area (Å²) >= 11 is 0. The number of carboxylic acid groups (broad SMARTS) is 1. The number of ether oxygens (including phenoxy) is 2. The van der Waals surface area contributed by atoms with Crippen LogP contribution in [0.15, 0.2) is 0 Å². The number of hydrogen-bond donors (Lipinski definition) is 1. The second-order valence-electron chi connectivity index (χ2n) is 7.59. The summed E-state index contributed by atoms with van der Waals surface area (Å²) in [5.74, 6) is -1.49. The van der Waals surface area contributed by atoms with Crippen LogP contribution in [0.3, 0.4) is 0 Å². The average molecular weight is 354 g/mol. The number of fused-ring (bicyclic) bond motifs is 1. The number of hydrogen-bond acceptors (Lipinski definition) is 4. The molecular weight excluding hydrogens is 320 g/mol. The standard InChI is InChI=1S/C20H34O5/c1-2-3-4-5-6-7-8-9-10-13-16-24-18(23)20-15-12-11-14-19(20,25-20)17(21)22/h2-16H2,1H3,(H,21,22). The lowest BCUT2D eigenvalue weighted by Gasteiger charge is -2.20. The number of unbranched alkanes of at least 4 members (excludes halogenated alkanes) is 9. The van der Waals surface area contributed by atoms with Gasteiger partial charge in [-0.2, -0.15) is 0 Å². The fourth-order valence-electron chi connectivity index (χ4n) is 4.03. The lowest BCUT2D eigenvalue weighted by atomic mass is 9.79. The Hall–Kier alpha value is -1.10. The van der Waals surface area contributed by atoms with E-state index < -0.39 is 23.1 Å². The van der Waals surface area contributed by atoms with E-state index in [0.717, 1.165) is 25.7 Å². The molecule has 0 aromatic heterocycles. The molecular formula is C20H34O5. The number of carbonyl (C=O) groups is 2. The van der Waals surface area contributed by atoms with Gasteiger partial charge in [0.1, 0.15) is 0 Å². The molecule has 1 saturated heterocycles. The van der Waals surface area contributed by atoms with Crippen LogP contribution in [0, 0.1) is 0 Å². The van der Waals surface area contributed by atoms with Crippen LogP contribution < -0.4 is 0 Å². The summed E-state index contributed by atoms with van der Waals surface area (Å²) < 4.78 is 10.8. The summed E-state index contributed by atoms with van der Waals surface area (Å²) in [6, 6.07) is 0. The molecule has 0 amide bonds. The molecule has 0 radical (unpaired) electrons. The zero-order valence-electron chi connectivity index (χ0n) is 15.7. The van der Waals surface area contributed by atoms with Crippen molar-refractivity contribution >= 4 is 11.9 Å². The number of aliphatic carboxylic acids is 1. The predicted molar refractivity (Wildman–Crippen MR) is 95.5 cm³/mol. The van der Waals surface area contributed by atoms with Gasteiger partial charge in [0.15, 0.2) is 0 Å². The van der Waals surface area contributed by atoms with E-state index in [1.54, 1.807) is 0 Å². The fraction of sp³-hybridized carbons (Fsp3) is 0.900. The van der Waals surface area contributed by atoms with Crippen molar-refractivity contribution in [2.45, 2.75) is 108 Å². The molecule has 144 valence electrons. The summed E-state index contributed by atoms with van der Waals surface area (Å²) in [6.45, 7) is 2.60. The van der Waals surface area contributed by atoms with Crippen LogP contribution >= 0.6 is 0 Å². The van der Waals surface area contributed by atoms with Crippen molar-refractivity contribution < 1.29 is 24.2 Å². The Balaban J connectivity index is 1.53. The van der Waals surface area contributed by atoms with Crippen LogP contribution in [0.4, 0.5) is 0 Å². The molecule has 0 spiro atoms. The molecule has 0 aromatic rings. The first kappa shape index (κ1) is 20.2. The molecule has 1 saturated carbocycles. The highest BCUT2D eigenvalue weighted by atomic mass is 16.7. The molecule has 2 fully saturated rings. The Labute approximate surface area is 151 Å². The van der Waals surface area contributed by atoms with E-state index in [0.29, 0.717) is 19.4 Å². The Bertz CT molecular complexity index is 449. The average Bonchev–Trinajstić information content (AvgIpc) is 3.32. The third-order valence-corrected chi connectivity index (χ3v) is 5.67. The summed E-state index contributed by atoms with van der Waals surface area (Å²) in [4.78, 5) is 23.8. The van der Waals surface area contributed by atoms with Gasteiger partial charge in [0, 0.05) is 0 Å². The van der Waals surface area contributed by atoms with E-state index >= 15 is 0 Å². The lowest BCUT2D eigenvalue weighted by Crippen LogP contribution is -2.43. The van der Waals surface area contributed by atoms with E-state index in [1.807, 2.05) is 0 Å². The smallest absolute Gasteiger partial charge is 0.342 e. The fourth-order valence-corrected chi connectivity index (χ4v) is 4.03. The third kappa shape index (κ3) is 4.75. The van der Waals surface area contributed by atoms with E-state index in [9.17, 15) is 14.7 Å². The van der Waals surface area contributed by atoms with Gasteiger partial charge in [-0.25, -0.2) is 9.59 Å². The number of rotatable bonds is 13. The molecule has 1 aliphatic carbocycles. The van der Waals surface area contributed by atoms with Gasteiger partial charge in [-0.15, -0.1) is 0 Å². The largest absolute Gasteiger partial charge is 0.479 e. The number of carbonyl (C=O) groups excluding carboxylic acids is 1. The molecule has 5 heteroatoms. The Morgan fingerprint density at radius 3 is 1.96 bits per heavy atom. The van der Waals surface area contributed by atoms with Gasteiger partial charge < -0.3 is 14.6 Å². The van der Waals surface area contributed by atoms with Crippen molar-refractivity contribution in [3.63, 3.8) is 0 Å². The predicted octanol–water partition coefficient (Wildman–Crippen LogP) is 4.62. The summed E-state index contributed by atoms with van der Waals surface area (Å²) in [5.41, 5.74) is -2.50. The Kier molecular flexibility index (Phi) is 7.73. The second kappa shape index (κ2) is 9.56. The maximum atomic E-state index is 12.3. The van der Waals surface area contributed by atoms with Gasteiger partial charge in [-0.1, -0.05) is 64.7 Å². The van der Waals surface area contributed by atoms with Gasteiger partial charge in [0.2, 0.25) is 11.2 Å². The molecule has 1 aliphatic heterocycles. The van der Waals surface area contributed by atoms with Gasteiger partial charge >= 0.3 is 11.9 Å². The van der Waals surface area contributed by atoms with Crippen molar-refractivity contribution in [2.24, 2.45) is 0 Å². The van der Waals surface area contributed by atoms with Crippen LogP contribution in [0.5, 0.6) is 0 Å². The summed E-state index contributed by atoms with van der Waals surface area (Å²) in [7, 11) is 0. The minimum atomic E-state index is -1.31. The molecule has 0 bridgehead atoms. The summed E-state index contributed by atoms with van der Waals surface area (Å²) in [6.07, 6.45) is 14.8. The molecule has 1 N–H and O–H groups in total. The van der Waals surface area contributed by atoms with Crippen molar-refractivity contribution in [3.05, 3.63) is 0 Å². The molecule has 0 aromatic carbocycles. The minimum absolute atomic E-state index is 0.371. The molecule has 2 unspecified atom stereocenters. The highest BCUT2D eigenvalue weighted by molar-refractivity contribution is 5.97. The number of epoxide rings is 1. The molecule has 25 heavy (non-hydrogen) atoms. The highest BCUT2D eigenvalue weighted by Gasteiger charge is 2.80. The summed E-state index contributed by atoms with van der Waals surface area (Å²) in [5, 5.41) is 9.38. The van der Waals surface area contributed by atoms with Crippen LogP contribution in [0.2, 0.25) is 0 Å². The first-order valence-electron chi connectivity index (χ1n) is 10.2. The first-order chi connectivity index (χ1) is 12.1. The maximum Gasteiger partial charge on any atom is 0.342 e. The molecule has 2 rings (SSSR count). The van der Waals surface area contributed by atoms with Crippen molar-refractivity contribution in [1.29, 1.82) is 0 Å². The van der Waals surface area contributed by atoms with E-state index in [1.165, 1.54) is 51.4 Å². The van der Waals surface area contributed by atoms with Crippen LogP contribution in [0.1, 0.15) is 96.8 Å². The van der Waals surface area contributed by atoms with Crippen molar-refractivity contribution in [1.82, 2.24) is 0 Å². The van der Waals surface area contributed by atoms with Crippen LogP contribution in [0.25, 0.3) is 0 Å². The molecule has 5 nitrogen and oxygen atoms in total. The van der Waals surface area contributed by atoms with Crippen molar-refractivity contribution in [2.75, 3.05) is 6.61 Å².